The predicted octanol–water partition coefficient (Wildman–Crippen LogP) is 4.51. The predicted molar refractivity (Wildman–Crippen MR) is 144 cm³/mol. The number of amides is 3. The molecule has 1 saturated carbocycles. The summed E-state index contributed by atoms with van der Waals surface area (Å²) in [6.07, 6.45) is 7.24. The number of benzene rings is 1. The molecular weight excluding hydrogens is 470 g/mol. The molecule has 0 radical (unpaired) electrons. The summed E-state index contributed by atoms with van der Waals surface area (Å²) in [7, 11) is 0. The van der Waals surface area contributed by atoms with Gasteiger partial charge in [0, 0.05) is 0 Å². The summed E-state index contributed by atoms with van der Waals surface area (Å²) in [5.74, 6) is -0.121. The van der Waals surface area contributed by atoms with Gasteiger partial charge in [-0.3, -0.25) is 9.59 Å². The number of hydrogen-bond donors (Lipinski definition) is 3. The van der Waals surface area contributed by atoms with Crippen molar-refractivity contribution in [3.63, 3.8) is 0 Å². The minimum Gasteiger partial charge on any atom is -0.445 e. The summed E-state index contributed by atoms with van der Waals surface area (Å²) in [5, 5.41) is 8.34. The van der Waals surface area contributed by atoms with Crippen molar-refractivity contribution in [2.75, 3.05) is 0 Å². The number of nitrogens with one attached hydrogen (secondary N) is 3. The molecule has 3 amide bonds. The Balaban J connectivity index is 2.00. The van der Waals surface area contributed by atoms with E-state index in [0.29, 0.717) is 25.2 Å². The Morgan fingerprint density at radius 3 is 2.00 bits per heavy atom. The van der Waals surface area contributed by atoms with Gasteiger partial charge in [0.05, 0.1) is 6.04 Å². The number of aldehydes is 1. The summed E-state index contributed by atoms with van der Waals surface area (Å²) < 4.78 is 5.30. The standard InChI is InChI=1S/C29H45N3O5/c1-20(2)15-25(27(34)30-24(18-33)17-22-11-7-5-8-12-22)31-28(35)26(16-21(3)4)32-29(36)37-19-23-13-9-6-10-14-23/h6,9-10,13-14,18,20-22,24-26H,5,7-8,11-12,15-17,19H2,1-4H3,(H,30,34)(H,31,35)(H,32,36)/t24-,25-,26-/m0/s1. The summed E-state index contributed by atoms with van der Waals surface area (Å²) in [6.45, 7) is 7.94. The van der Waals surface area contributed by atoms with Gasteiger partial charge in [-0.05, 0) is 42.6 Å². The molecule has 0 aromatic heterocycles. The van der Waals surface area contributed by atoms with Gasteiger partial charge in [0.25, 0.3) is 0 Å². The lowest BCUT2D eigenvalue weighted by atomic mass is 9.85. The van der Waals surface area contributed by atoms with Gasteiger partial charge in [-0.2, -0.15) is 0 Å². The molecule has 0 bridgehead atoms. The Hall–Kier alpha value is -2.90. The van der Waals surface area contributed by atoms with Crippen molar-refractivity contribution < 1.29 is 23.9 Å². The van der Waals surface area contributed by atoms with Crippen molar-refractivity contribution in [1.29, 1.82) is 0 Å². The first kappa shape index (κ1) is 30.3. The van der Waals surface area contributed by atoms with Crippen LogP contribution in [0.1, 0.15) is 84.6 Å². The quantitative estimate of drug-likeness (QED) is 0.316. The van der Waals surface area contributed by atoms with Crippen molar-refractivity contribution in [2.45, 2.75) is 104 Å². The summed E-state index contributed by atoms with van der Waals surface area (Å²) in [4.78, 5) is 50.6. The number of alkyl carbamates (subject to hydrolysis) is 1. The van der Waals surface area contributed by atoms with Crippen LogP contribution in [0.3, 0.4) is 0 Å². The molecule has 0 heterocycles. The molecule has 0 spiro atoms. The van der Waals surface area contributed by atoms with Crippen LogP contribution in [-0.2, 0) is 25.7 Å². The Morgan fingerprint density at radius 2 is 1.43 bits per heavy atom. The largest absolute Gasteiger partial charge is 0.445 e. The topological polar surface area (TPSA) is 114 Å². The Labute approximate surface area is 221 Å². The maximum absolute atomic E-state index is 13.2. The fourth-order valence-electron chi connectivity index (χ4n) is 4.80. The zero-order chi connectivity index (χ0) is 27.2. The van der Waals surface area contributed by atoms with E-state index in [-0.39, 0.29) is 24.3 Å². The van der Waals surface area contributed by atoms with Gasteiger partial charge in [-0.1, -0.05) is 90.1 Å². The van der Waals surface area contributed by atoms with Crippen molar-refractivity contribution in [3.05, 3.63) is 35.9 Å². The first-order chi connectivity index (χ1) is 17.7. The van der Waals surface area contributed by atoms with Gasteiger partial charge in [-0.25, -0.2) is 4.79 Å². The normalized spacial score (nSPS) is 16.5. The highest BCUT2D eigenvalue weighted by molar-refractivity contribution is 5.92. The average Bonchev–Trinajstić information content (AvgIpc) is 2.86. The molecule has 8 heteroatoms. The molecule has 1 fully saturated rings. The summed E-state index contributed by atoms with van der Waals surface area (Å²) >= 11 is 0. The number of hydrogen-bond acceptors (Lipinski definition) is 5. The molecule has 1 aromatic carbocycles. The molecule has 2 rings (SSSR count). The molecule has 8 nitrogen and oxygen atoms in total. The Kier molecular flexibility index (Phi) is 13.2. The van der Waals surface area contributed by atoms with Gasteiger partial charge >= 0.3 is 6.09 Å². The molecule has 3 atom stereocenters. The number of carbonyl (C=O) groups is 4. The molecule has 1 aliphatic carbocycles. The number of ether oxygens (including phenoxy) is 1. The van der Waals surface area contributed by atoms with Crippen LogP contribution in [0.4, 0.5) is 4.79 Å². The van der Waals surface area contributed by atoms with Crippen molar-refractivity contribution in [2.24, 2.45) is 17.8 Å². The second-order valence-electron chi connectivity index (χ2n) is 11.1. The van der Waals surface area contributed by atoms with Crippen LogP contribution >= 0.6 is 0 Å². The Morgan fingerprint density at radius 1 is 0.865 bits per heavy atom. The third kappa shape index (κ3) is 11.8. The zero-order valence-corrected chi connectivity index (χ0v) is 22.8. The van der Waals surface area contributed by atoms with Crippen LogP contribution in [0.25, 0.3) is 0 Å². The van der Waals surface area contributed by atoms with Crippen LogP contribution in [0, 0.1) is 17.8 Å². The molecule has 37 heavy (non-hydrogen) atoms. The van der Waals surface area contributed by atoms with Crippen LogP contribution in [0.15, 0.2) is 30.3 Å². The maximum Gasteiger partial charge on any atom is 0.408 e. The molecule has 3 N–H and O–H groups in total. The van der Waals surface area contributed by atoms with Gasteiger partial charge in [0.2, 0.25) is 11.8 Å². The van der Waals surface area contributed by atoms with E-state index in [9.17, 15) is 19.2 Å². The van der Waals surface area contributed by atoms with E-state index in [1.807, 2.05) is 58.0 Å². The van der Waals surface area contributed by atoms with E-state index in [2.05, 4.69) is 16.0 Å². The molecular formula is C29H45N3O5. The van der Waals surface area contributed by atoms with Crippen LogP contribution in [0.5, 0.6) is 0 Å². The molecule has 0 unspecified atom stereocenters. The van der Waals surface area contributed by atoms with Crippen LogP contribution < -0.4 is 16.0 Å². The van der Waals surface area contributed by atoms with E-state index < -0.39 is 30.1 Å². The fraction of sp³-hybridized carbons (Fsp3) is 0.655. The van der Waals surface area contributed by atoms with Gasteiger partial charge in [0.1, 0.15) is 25.0 Å². The second kappa shape index (κ2) is 16.0. The maximum atomic E-state index is 13.2. The number of carbonyl (C=O) groups excluding carboxylic acids is 4. The summed E-state index contributed by atoms with van der Waals surface area (Å²) in [6, 6.07) is 7.06. The molecule has 1 aliphatic rings. The van der Waals surface area contributed by atoms with Gasteiger partial charge in [0.15, 0.2) is 0 Å². The average molecular weight is 516 g/mol. The Bertz CT molecular complexity index is 852. The lowest BCUT2D eigenvalue weighted by Crippen LogP contribution is -2.55. The van der Waals surface area contributed by atoms with Gasteiger partial charge in [-0.15, -0.1) is 0 Å². The SMILES string of the molecule is CC(C)C[C@H](NC(=O)OCc1ccccc1)C(=O)N[C@@H](CC(C)C)C(=O)N[C@H](C=O)CC1CCCCC1. The molecule has 206 valence electrons. The minimum absolute atomic E-state index is 0.0924. The molecule has 0 saturated heterocycles. The highest BCUT2D eigenvalue weighted by Crippen LogP contribution is 2.27. The number of rotatable bonds is 14. The molecule has 0 aliphatic heterocycles. The van der Waals surface area contributed by atoms with Gasteiger partial charge < -0.3 is 25.5 Å². The van der Waals surface area contributed by atoms with E-state index in [4.69, 9.17) is 4.74 Å². The minimum atomic E-state index is -0.852. The smallest absolute Gasteiger partial charge is 0.408 e. The lowest BCUT2D eigenvalue weighted by molar-refractivity contribution is -0.131. The first-order valence-corrected chi connectivity index (χ1v) is 13.7. The zero-order valence-electron chi connectivity index (χ0n) is 22.8. The van der Waals surface area contributed by atoms with E-state index >= 15 is 0 Å². The van der Waals surface area contributed by atoms with Crippen molar-refractivity contribution in [1.82, 2.24) is 16.0 Å². The lowest BCUT2D eigenvalue weighted by Gasteiger charge is -2.27. The second-order valence-corrected chi connectivity index (χ2v) is 11.1. The summed E-state index contributed by atoms with van der Waals surface area (Å²) in [5.41, 5.74) is 0.842. The highest BCUT2D eigenvalue weighted by Gasteiger charge is 2.30. The fourth-order valence-corrected chi connectivity index (χ4v) is 4.80. The van der Waals surface area contributed by atoms with E-state index in [1.54, 1.807) is 0 Å². The third-order valence-corrected chi connectivity index (χ3v) is 6.67. The monoisotopic (exact) mass is 515 g/mol. The van der Waals surface area contributed by atoms with Crippen molar-refractivity contribution in [3.8, 4) is 0 Å². The van der Waals surface area contributed by atoms with E-state index in [0.717, 1.165) is 37.5 Å². The van der Waals surface area contributed by atoms with Crippen LogP contribution in [0.2, 0.25) is 0 Å². The highest BCUT2D eigenvalue weighted by atomic mass is 16.5. The van der Waals surface area contributed by atoms with E-state index in [1.165, 1.54) is 6.42 Å². The molecule has 1 aromatic rings. The first-order valence-electron chi connectivity index (χ1n) is 13.7. The van der Waals surface area contributed by atoms with Crippen LogP contribution in [-0.4, -0.2) is 42.3 Å². The third-order valence-electron chi connectivity index (χ3n) is 6.67. The van der Waals surface area contributed by atoms with Crippen molar-refractivity contribution >= 4 is 24.2 Å².